The van der Waals surface area contributed by atoms with Crippen LogP contribution in [-0.4, -0.2) is 33.1 Å². The van der Waals surface area contributed by atoms with Gasteiger partial charge in [0.1, 0.15) is 11.6 Å². The highest BCUT2D eigenvalue weighted by Gasteiger charge is 2.26. The van der Waals surface area contributed by atoms with Gasteiger partial charge in [0, 0.05) is 0 Å². The number of benzene rings is 1. The Kier molecular flexibility index (Phi) is 4.51. The number of hydrogen-bond donors (Lipinski definition) is 3. The molecule has 1 amide bonds. The summed E-state index contributed by atoms with van der Waals surface area (Å²) in [4.78, 5) is 30.5. The maximum Gasteiger partial charge on any atom is 0.356 e. The van der Waals surface area contributed by atoms with E-state index in [-0.39, 0.29) is 17.6 Å². The summed E-state index contributed by atoms with van der Waals surface area (Å²) in [7, 11) is 0. The maximum absolute atomic E-state index is 11.8. The minimum absolute atomic E-state index is 0.110. The number of rotatable bonds is 5. The molecule has 2 heterocycles. The van der Waals surface area contributed by atoms with Crippen LogP contribution in [0.3, 0.4) is 0 Å². The summed E-state index contributed by atoms with van der Waals surface area (Å²) >= 11 is 0. The Hall–Kier alpha value is -3.16. The number of carboxylic acids is 1. The largest absolute Gasteiger partial charge is 0.478 e. The van der Waals surface area contributed by atoms with Crippen molar-refractivity contribution in [1.82, 2.24) is 9.97 Å². The predicted octanol–water partition coefficient (Wildman–Crippen LogP) is 2.46. The van der Waals surface area contributed by atoms with Gasteiger partial charge < -0.3 is 20.5 Å². The van der Waals surface area contributed by atoms with Crippen LogP contribution in [0.25, 0.3) is 0 Å². The number of hydrogen-bond acceptors (Lipinski definition) is 6. The average Bonchev–Trinajstić information content (AvgIpc) is 2.61. The molecule has 0 saturated carbocycles. The van der Waals surface area contributed by atoms with Crippen LogP contribution in [0.2, 0.25) is 0 Å². The maximum atomic E-state index is 11.8. The second-order valence-electron chi connectivity index (χ2n) is 5.72. The first-order chi connectivity index (χ1) is 12.0. The van der Waals surface area contributed by atoms with Crippen LogP contribution in [0.1, 0.15) is 42.4 Å². The molecule has 1 aromatic carbocycles. The van der Waals surface area contributed by atoms with Crippen molar-refractivity contribution in [3.8, 4) is 5.75 Å². The summed E-state index contributed by atoms with van der Waals surface area (Å²) < 4.78 is 5.74. The highest BCUT2D eigenvalue weighted by molar-refractivity contribution is 5.97. The van der Waals surface area contributed by atoms with Gasteiger partial charge in [-0.05, 0) is 31.0 Å². The second kappa shape index (κ2) is 6.76. The van der Waals surface area contributed by atoms with Gasteiger partial charge in [-0.2, -0.15) is 0 Å². The molecule has 0 spiro atoms. The molecule has 8 nitrogen and oxygen atoms in total. The molecule has 25 heavy (non-hydrogen) atoms. The Bertz CT molecular complexity index is 807. The van der Waals surface area contributed by atoms with Crippen molar-refractivity contribution in [2.45, 2.75) is 32.4 Å². The number of nitrogens with zero attached hydrogens (tertiary/aromatic N) is 2. The van der Waals surface area contributed by atoms with E-state index >= 15 is 0 Å². The Labute approximate surface area is 144 Å². The zero-order valence-electron chi connectivity index (χ0n) is 13.8. The van der Waals surface area contributed by atoms with Crippen molar-refractivity contribution >= 4 is 23.4 Å². The minimum atomic E-state index is -1.12. The fourth-order valence-electron chi connectivity index (χ4n) is 2.52. The van der Waals surface area contributed by atoms with Gasteiger partial charge >= 0.3 is 5.97 Å². The first-order valence-electron chi connectivity index (χ1n) is 7.91. The summed E-state index contributed by atoms with van der Waals surface area (Å²) in [6, 6.07) is 5.43. The van der Waals surface area contributed by atoms with Crippen LogP contribution < -0.4 is 15.4 Å². The summed E-state index contributed by atoms with van der Waals surface area (Å²) in [6.07, 6.45) is 2.69. The number of ether oxygens (including phenoxy) is 1. The number of anilines is 2. The third-order valence-corrected chi connectivity index (χ3v) is 3.93. The number of carbonyl (C=O) groups excluding carboxylic acids is 1. The zero-order chi connectivity index (χ0) is 18.0. The Balaban J connectivity index is 1.75. The molecular formula is C17H18N4O4. The summed E-state index contributed by atoms with van der Waals surface area (Å²) in [5, 5.41) is 14.8. The lowest BCUT2D eigenvalue weighted by Crippen LogP contribution is -2.36. The van der Waals surface area contributed by atoms with Gasteiger partial charge in [0.25, 0.3) is 5.91 Å². The molecule has 0 aliphatic carbocycles. The van der Waals surface area contributed by atoms with Crippen molar-refractivity contribution in [3.05, 3.63) is 41.9 Å². The predicted molar refractivity (Wildman–Crippen MR) is 90.8 cm³/mol. The molecular weight excluding hydrogens is 324 g/mol. The molecule has 1 aromatic heterocycles. The number of fused-ring (bicyclic) bond motifs is 1. The third kappa shape index (κ3) is 3.52. The molecule has 0 bridgehead atoms. The number of nitrogens with one attached hydrogen (secondary N) is 2. The Morgan fingerprint density at radius 3 is 2.84 bits per heavy atom. The monoisotopic (exact) mass is 342 g/mol. The lowest BCUT2D eigenvalue weighted by Gasteiger charge is -2.26. The van der Waals surface area contributed by atoms with E-state index < -0.39 is 12.1 Å². The molecule has 130 valence electrons. The van der Waals surface area contributed by atoms with Gasteiger partial charge in [-0.1, -0.05) is 13.0 Å². The zero-order valence-corrected chi connectivity index (χ0v) is 13.8. The van der Waals surface area contributed by atoms with Crippen LogP contribution in [0, 0.1) is 0 Å². The molecule has 2 atom stereocenters. The van der Waals surface area contributed by atoms with E-state index in [9.17, 15) is 9.59 Å². The molecule has 0 radical (unpaired) electrons. The summed E-state index contributed by atoms with van der Waals surface area (Å²) in [5.74, 6) is -0.157. The van der Waals surface area contributed by atoms with E-state index in [0.29, 0.717) is 23.7 Å². The molecule has 0 saturated heterocycles. The van der Waals surface area contributed by atoms with E-state index in [0.717, 1.165) is 5.56 Å². The molecule has 1 aliphatic heterocycles. The number of aromatic carboxylic acids is 1. The first kappa shape index (κ1) is 16.7. The Morgan fingerprint density at radius 2 is 2.20 bits per heavy atom. The van der Waals surface area contributed by atoms with Crippen molar-refractivity contribution < 1.29 is 19.4 Å². The number of carbonyl (C=O) groups is 2. The van der Waals surface area contributed by atoms with Crippen LogP contribution >= 0.6 is 0 Å². The summed E-state index contributed by atoms with van der Waals surface area (Å²) in [6.45, 7) is 3.83. The van der Waals surface area contributed by atoms with Crippen LogP contribution in [0.15, 0.2) is 30.6 Å². The minimum Gasteiger partial charge on any atom is -0.478 e. The number of carboxylic acid groups (broad SMARTS) is 1. The van der Waals surface area contributed by atoms with Gasteiger partial charge in [-0.15, -0.1) is 0 Å². The van der Waals surface area contributed by atoms with Crippen LogP contribution in [-0.2, 0) is 4.79 Å². The third-order valence-electron chi connectivity index (χ3n) is 3.93. The van der Waals surface area contributed by atoms with E-state index in [4.69, 9.17) is 9.84 Å². The second-order valence-corrected chi connectivity index (χ2v) is 5.72. The van der Waals surface area contributed by atoms with Crippen molar-refractivity contribution in [3.63, 3.8) is 0 Å². The molecule has 3 rings (SSSR count). The summed E-state index contributed by atoms with van der Waals surface area (Å²) in [5.41, 5.74) is 1.48. The lowest BCUT2D eigenvalue weighted by atomic mass is 10.1. The van der Waals surface area contributed by atoms with Gasteiger partial charge in [-0.3, -0.25) is 4.79 Å². The van der Waals surface area contributed by atoms with Crippen LogP contribution in [0.4, 0.5) is 11.5 Å². The van der Waals surface area contributed by atoms with E-state index in [1.807, 2.05) is 26.0 Å². The van der Waals surface area contributed by atoms with Crippen molar-refractivity contribution in [2.75, 3.05) is 10.6 Å². The molecule has 0 fully saturated rings. The van der Waals surface area contributed by atoms with Crippen LogP contribution in [0.5, 0.6) is 5.75 Å². The number of amides is 1. The SMILES string of the molecule is CCC1Oc2cc(C(C)Nc3cnc(C(=O)O)cn3)ccc2NC1=O. The van der Waals surface area contributed by atoms with Gasteiger partial charge in [0.15, 0.2) is 11.8 Å². The molecule has 8 heteroatoms. The van der Waals surface area contributed by atoms with Gasteiger partial charge in [0.05, 0.1) is 24.1 Å². The topological polar surface area (TPSA) is 113 Å². The Morgan fingerprint density at radius 1 is 1.40 bits per heavy atom. The standard InChI is InChI=1S/C17H18N4O4/c1-3-13-16(22)21-11-5-4-10(6-14(11)25-13)9(2)20-15-8-18-12(7-19-15)17(23)24/h4-9,13H,3H2,1-2H3,(H,19,20)(H,21,22)(H,23,24). The normalized spacial score (nSPS) is 17.0. The van der Waals surface area contributed by atoms with Crippen molar-refractivity contribution in [2.24, 2.45) is 0 Å². The van der Waals surface area contributed by atoms with E-state index in [2.05, 4.69) is 20.6 Å². The molecule has 3 N–H and O–H groups in total. The van der Waals surface area contributed by atoms with Gasteiger partial charge in [-0.25, -0.2) is 14.8 Å². The highest BCUT2D eigenvalue weighted by atomic mass is 16.5. The quantitative estimate of drug-likeness (QED) is 0.765. The number of aromatic nitrogens is 2. The fourth-order valence-corrected chi connectivity index (χ4v) is 2.52. The van der Waals surface area contributed by atoms with E-state index in [1.54, 1.807) is 6.07 Å². The first-order valence-corrected chi connectivity index (χ1v) is 7.91. The highest BCUT2D eigenvalue weighted by Crippen LogP contribution is 2.33. The lowest BCUT2D eigenvalue weighted by molar-refractivity contribution is -0.123. The molecule has 2 unspecified atom stereocenters. The van der Waals surface area contributed by atoms with Gasteiger partial charge in [0.2, 0.25) is 0 Å². The van der Waals surface area contributed by atoms with Crippen molar-refractivity contribution in [1.29, 1.82) is 0 Å². The fraction of sp³-hybridized carbons (Fsp3) is 0.294. The average molecular weight is 342 g/mol. The smallest absolute Gasteiger partial charge is 0.356 e. The van der Waals surface area contributed by atoms with E-state index in [1.165, 1.54) is 12.4 Å². The molecule has 1 aliphatic rings. The molecule has 2 aromatic rings.